The van der Waals surface area contributed by atoms with Crippen LogP contribution in [-0.2, 0) is 0 Å². The molecule has 132 valence electrons. The van der Waals surface area contributed by atoms with Crippen molar-refractivity contribution < 1.29 is 4.79 Å². The number of nitrogen functional groups attached to an aromatic ring is 1. The molecular formula is C20H30N2O2. The number of anilines is 1. The standard InChI is InChI=1S/C20H30N2O2/c1-2-13-5-3-4-6-16(13)14-7-9-15(10-8-14)19(24)17-11-12-18(23)22-20(17)21/h11-16H,2-10H2,1H3,(H3,21,22,23). The van der Waals surface area contributed by atoms with E-state index in [4.69, 9.17) is 5.73 Å². The van der Waals surface area contributed by atoms with Crippen molar-refractivity contribution in [2.45, 2.75) is 64.7 Å². The number of pyridine rings is 1. The molecule has 1 aromatic heterocycles. The van der Waals surface area contributed by atoms with E-state index in [0.29, 0.717) is 5.56 Å². The van der Waals surface area contributed by atoms with Gasteiger partial charge in [-0.15, -0.1) is 0 Å². The molecule has 0 spiro atoms. The number of aromatic nitrogens is 1. The molecule has 0 bridgehead atoms. The van der Waals surface area contributed by atoms with Gasteiger partial charge in [-0.1, -0.05) is 32.6 Å². The van der Waals surface area contributed by atoms with E-state index in [0.717, 1.165) is 30.6 Å². The highest BCUT2D eigenvalue weighted by Crippen LogP contribution is 2.44. The van der Waals surface area contributed by atoms with Crippen molar-refractivity contribution in [3.8, 4) is 0 Å². The van der Waals surface area contributed by atoms with Crippen LogP contribution in [0.2, 0.25) is 0 Å². The summed E-state index contributed by atoms with van der Waals surface area (Å²) in [7, 11) is 0. The second kappa shape index (κ2) is 7.54. The van der Waals surface area contributed by atoms with E-state index in [9.17, 15) is 9.59 Å². The minimum Gasteiger partial charge on any atom is -0.385 e. The van der Waals surface area contributed by atoms with Crippen LogP contribution in [0, 0.1) is 23.7 Å². The first kappa shape index (κ1) is 17.2. The van der Waals surface area contributed by atoms with Gasteiger partial charge in [0.2, 0.25) is 5.56 Å². The van der Waals surface area contributed by atoms with Gasteiger partial charge in [0.05, 0.1) is 5.56 Å². The molecule has 0 amide bonds. The Bertz CT molecular complexity index is 629. The molecule has 0 saturated heterocycles. The lowest BCUT2D eigenvalue weighted by Crippen LogP contribution is -2.31. The molecule has 2 fully saturated rings. The van der Waals surface area contributed by atoms with E-state index in [2.05, 4.69) is 11.9 Å². The molecule has 2 aliphatic rings. The zero-order chi connectivity index (χ0) is 17.1. The van der Waals surface area contributed by atoms with E-state index in [1.165, 1.54) is 51.0 Å². The van der Waals surface area contributed by atoms with Crippen molar-refractivity contribution in [3.63, 3.8) is 0 Å². The minimum atomic E-state index is -0.254. The SMILES string of the molecule is CCC1CCCCC1C1CCC(C(=O)c2ccc(=O)[nH]c2N)CC1. The van der Waals surface area contributed by atoms with Crippen LogP contribution in [0.5, 0.6) is 0 Å². The molecule has 4 nitrogen and oxygen atoms in total. The molecule has 24 heavy (non-hydrogen) atoms. The van der Waals surface area contributed by atoms with Crippen molar-refractivity contribution in [1.29, 1.82) is 0 Å². The molecule has 0 radical (unpaired) electrons. The lowest BCUT2D eigenvalue weighted by atomic mass is 9.65. The van der Waals surface area contributed by atoms with Gasteiger partial charge in [-0.2, -0.15) is 0 Å². The summed E-state index contributed by atoms with van der Waals surface area (Å²) in [6, 6.07) is 2.97. The Hall–Kier alpha value is -1.58. The predicted molar refractivity (Wildman–Crippen MR) is 97.0 cm³/mol. The van der Waals surface area contributed by atoms with Crippen molar-refractivity contribution >= 4 is 11.6 Å². The summed E-state index contributed by atoms with van der Waals surface area (Å²) in [5.41, 5.74) is 6.07. The van der Waals surface area contributed by atoms with Crippen LogP contribution in [-0.4, -0.2) is 10.8 Å². The molecule has 2 aliphatic carbocycles. The van der Waals surface area contributed by atoms with Crippen LogP contribution in [0.1, 0.15) is 75.1 Å². The van der Waals surface area contributed by atoms with Gasteiger partial charge in [-0.25, -0.2) is 0 Å². The van der Waals surface area contributed by atoms with Gasteiger partial charge in [0.1, 0.15) is 5.82 Å². The number of ketones is 1. The van der Waals surface area contributed by atoms with Crippen LogP contribution in [0.25, 0.3) is 0 Å². The second-order valence-electron chi connectivity index (χ2n) is 7.74. The molecule has 4 heteroatoms. The average Bonchev–Trinajstić information content (AvgIpc) is 2.61. The highest BCUT2D eigenvalue weighted by molar-refractivity contribution is 6.01. The van der Waals surface area contributed by atoms with Crippen molar-refractivity contribution in [2.75, 3.05) is 5.73 Å². The van der Waals surface area contributed by atoms with Crippen LogP contribution in [0.3, 0.4) is 0 Å². The van der Waals surface area contributed by atoms with Gasteiger partial charge >= 0.3 is 0 Å². The van der Waals surface area contributed by atoms with Gasteiger partial charge < -0.3 is 10.7 Å². The summed E-state index contributed by atoms with van der Waals surface area (Å²) < 4.78 is 0. The average molecular weight is 330 g/mol. The Morgan fingerprint density at radius 2 is 1.83 bits per heavy atom. The summed E-state index contributed by atoms with van der Waals surface area (Å²) in [6.07, 6.45) is 11.1. The maximum absolute atomic E-state index is 12.7. The first-order valence-electron chi connectivity index (χ1n) is 9.63. The Morgan fingerprint density at radius 1 is 1.12 bits per heavy atom. The molecule has 1 heterocycles. The maximum atomic E-state index is 12.7. The number of rotatable bonds is 4. The summed E-state index contributed by atoms with van der Waals surface area (Å²) in [5, 5.41) is 0. The second-order valence-corrected chi connectivity index (χ2v) is 7.74. The Morgan fingerprint density at radius 3 is 2.50 bits per heavy atom. The van der Waals surface area contributed by atoms with Crippen LogP contribution in [0.4, 0.5) is 5.82 Å². The molecule has 0 aliphatic heterocycles. The number of carbonyl (C=O) groups excluding carboxylic acids is 1. The van der Waals surface area contributed by atoms with Gasteiger partial charge in [-0.3, -0.25) is 9.59 Å². The first-order chi connectivity index (χ1) is 11.6. The normalized spacial score (nSPS) is 30.9. The highest BCUT2D eigenvalue weighted by Gasteiger charge is 2.35. The van der Waals surface area contributed by atoms with Crippen LogP contribution < -0.4 is 11.3 Å². The van der Waals surface area contributed by atoms with Crippen LogP contribution >= 0.6 is 0 Å². The zero-order valence-corrected chi connectivity index (χ0v) is 14.7. The third-order valence-electron chi connectivity index (χ3n) is 6.46. The number of hydrogen-bond donors (Lipinski definition) is 2. The fourth-order valence-corrected chi connectivity index (χ4v) is 5.10. The first-order valence-corrected chi connectivity index (χ1v) is 9.63. The lowest BCUT2D eigenvalue weighted by molar-refractivity contribution is 0.0782. The zero-order valence-electron chi connectivity index (χ0n) is 14.7. The largest absolute Gasteiger partial charge is 0.385 e. The summed E-state index contributed by atoms with van der Waals surface area (Å²) >= 11 is 0. The van der Waals surface area contributed by atoms with Gasteiger partial charge in [0.25, 0.3) is 0 Å². The van der Waals surface area contributed by atoms with E-state index in [1.54, 1.807) is 6.07 Å². The van der Waals surface area contributed by atoms with Crippen molar-refractivity contribution in [2.24, 2.45) is 23.7 Å². The van der Waals surface area contributed by atoms with Gasteiger partial charge in [0, 0.05) is 12.0 Å². The summed E-state index contributed by atoms with van der Waals surface area (Å²) in [5.74, 6) is 2.96. The number of hydrogen-bond acceptors (Lipinski definition) is 3. The predicted octanol–water partition coefficient (Wildman–Crippen LogP) is 4.16. The number of aromatic amines is 1. The van der Waals surface area contributed by atoms with E-state index in [-0.39, 0.29) is 23.1 Å². The third kappa shape index (κ3) is 3.57. The van der Waals surface area contributed by atoms with E-state index in [1.807, 2.05) is 0 Å². The third-order valence-corrected chi connectivity index (χ3v) is 6.46. The van der Waals surface area contributed by atoms with Crippen LogP contribution in [0.15, 0.2) is 16.9 Å². The van der Waals surface area contributed by atoms with Gasteiger partial charge in [0.15, 0.2) is 5.78 Å². The number of H-pyrrole nitrogens is 1. The minimum absolute atomic E-state index is 0.0677. The number of nitrogens with one attached hydrogen (secondary N) is 1. The van der Waals surface area contributed by atoms with Crippen molar-refractivity contribution in [3.05, 3.63) is 28.0 Å². The molecule has 2 saturated carbocycles. The summed E-state index contributed by atoms with van der Waals surface area (Å²) in [6.45, 7) is 2.33. The molecule has 2 atom stereocenters. The Labute approximate surface area is 144 Å². The highest BCUT2D eigenvalue weighted by atomic mass is 16.1. The fraction of sp³-hybridized carbons (Fsp3) is 0.700. The lowest BCUT2D eigenvalue weighted by Gasteiger charge is -2.40. The van der Waals surface area contributed by atoms with E-state index < -0.39 is 0 Å². The number of Topliss-reactive ketones (excluding diaryl/α,β-unsaturated/α-hetero) is 1. The monoisotopic (exact) mass is 330 g/mol. The quantitative estimate of drug-likeness (QED) is 0.814. The molecule has 0 aromatic carbocycles. The molecule has 2 unspecified atom stereocenters. The Balaban J connectivity index is 1.62. The fourth-order valence-electron chi connectivity index (χ4n) is 5.10. The molecular weight excluding hydrogens is 300 g/mol. The van der Waals surface area contributed by atoms with Gasteiger partial charge in [-0.05, 0) is 55.9 Å². The molecule has 3 rings (SSSR count). The Kier molecular flexibility index (Phi) is 5.42. The van der Waals surface area contributed by atoms with Crippen molar-refractivity contribution in [1.82, 2.24) is 4.98 Å². The summed E-state index contributed by atoms with van der Waals surface area (Å²) in [4.78, 5) is 26.5. The maximum Gasteiger partial charge on any atom is 0.249 e. The van der Waals surface area contributed by atoms with E-state index >= 15 is 0 Å². The molecule has 3 N–H and O–H groups in total. The molecule has 1 aromatic rings. The smallest absolute Gasteiger partial charge is 0.249 e. The topological polar surface area (TPSA) is 76.0 Å². The number of carbonyl (C=O) groups is 1. The number of nitrogens with two attached hydrogens (primary N) is 1.